The van der Waals surface area contributed by atoms with Gasteiger partial charge in [0.15, 0.2) is 5.96 Å². The molecule has 0 aromatic rings. The van der Waals surface area contributed by atoms with Crippen molar-refractivity contribution in [2.75, 3.05) is 45.3 Å². The lowest BCUT2D eigenvalue weighted by Crippen LogP contribution is -2.47. The molecule has 6 heteroatoms. The number of likely N-dealkylation sites (tertiary alicyclic amines) is 1. The van der Waals surface area contributed by atoms with Crippen LogP contribution in [0.4, 0.5) is 0 Å². The average Bonchev–Trinajstić information content (AvgIpc) is 2.56. The standard InChI is InChI=1S/C15H27N3O2S/c1-16-15(17-11-12-5-9-21-10-6-12)18-7-3-13(4-8-18)14(19)20-2/h12-13H,3-11H2,1-2H3,(H,16,17). The zero-order valence-corrected chi connectivity index (χ0v) is 14.0. The molecule has 2 aliphatic heterocycles. The first-order chi connectivity index (χ1) is 10.2. The third kappa shape index (κ3) is 4.80. The van der Waals surface area contributed by atoms with Gasteiger partial charge in [0.1, 0.15) is 0 Å². The smallest absolute Gasteiger partial charge is 0.308 e. The number of nitrogens with one attached hydrogen (secondary N) is 1. The molecular weight excluding hydrogens is 286 g/mol. The van der Waals surface area contributed by atoms with Crippen molar-refractivity contribution < 1.29 is 9.53 Å². The van der Waals surface area contributed by atoms with E-state index in [1.807, 2.05) is 7.05 Å². The molecule has 2 aliphatic rings. The fourth-order valence-corrected chi connectivity index (χ4v) is 4.22. The third-order valence-electron chi connectivity index (χ3n) is 4.43. The summed E-state index contributed by atoms with van der Waals surface area (Å²) in [6.45, 7) is 2.77. The molecule has 2 saturated heterocycles. The van der Waals surface area contributed by atoms with Crippen molar-refractivity contribution in [3.05, 3.63) is 0 Å². The second-order valence-electron chi connectivity index (χ2n) is 5.77. The van der Waals surface area contributed by atoms with Crippen LogP contribution in [-0.4, -0.2) is 62.1 Å². The minimum atomic E-state index is -0.0719. The summed E-state index contributed by atoms with van der Waals surface area (Å²) in [6, 6.07) is 0. The number of guanidine groups is 1. The minimum Gasteiger partial charge on any atom is -0.469 e. The summed E-state index contributed by atoms with van der Waals surface area (Å²) in [6.07, 6.45) is 4.32. The van der Waals surface area contributed by atoms with Crippen LogP contribution in [0.2, 0.25) is 0 Å². The highest BCUT2D eigenvalue weighted by Crippen LogP contribution is 2.22. The first kappa shape index (κ1) is 16.5. The lowest BCUT2D eigenvalue weighted by Gasteiger charge is -2.34. The van der Waals surface area contributed by atoms with E-state index in [1.54, 1.807) is 0 Å². The highest BCUT2D eigenvalue weighted by molar-refractivity contribution is 7.99. The van der Waals surface area contributed by atoms with E-state index in [9.17, 15) is 4.79 Å². The summed E-state index contributed by atoms with van der Waals surface area (Å²) in [7, 11) is 3.31. The van der Waals surface area contributed by atoms with Gasteiger partial charge in [-0.3, -0.25) is 9.79 Å². The molecule has 0 unspecified atom stereocenters. The van der Waals surface area contributed by atoms with Crippen molar-refractivity contribution in [1.29, 1.82) is 0 Å². The zero-order chi connectivity index (χ0) is 15.1. The van der Waals surface area contributed by atoms with Gasteiger partial charge in [0.25, 0.3) is 0 Å². The molecule has 0 spiro atoms. The second kappa shape index (κ2) is 8.51. The number of aliphatic imine (C=N–C) groups is 1. The van der Waals surface area contributed by atoms with E-state index in [1.165, 1.54) is 31.5 Å². The highest BCUT2D eigenvalue weighted by atomic mass is 32.2. The number of rotatable bonds is 3. The minimum absolute atomic E-state index is 0.0553. The van der Waals surface area contributed by atoms with Gasteiger partial charge in [-0.05, 0) is 43.1 Å². The van der Waals surface area contributed by atoms with Crippen LogP contribution >= 0.6 is 11.8 Å². The summed E-state index contributed by atoms with van der Waals surface area (Å²) < 4.78 is 4.83. The van der Waals surface area contributed by atoms with Crippen molar-refractivity contribution in [1.82, 2.24) is 10.2 Å². The van der Waals surface area contributed by atoms with Crippen LogP contribution < -0.4 is 5.32 Å². The van der Waals surface area contributed by atoms with E-state index < -0.39 is 0 Å². The summed E-state index contributed by atoms with van der Waals surface area (Å²) in [4.78, 5) is 18.2. The Kier molecular flexibility index (Phi) is 6.67. The lowest BCUT2D eigenvalue weighted by atomic mass is 9.97. The fourth-order valence-electron chi connectivity index (χ4n) is 3.01. The number of carbonyl (C=O) groups excluding carboxylic acids is 1. The van der Waals surface area contributed by atoms with E-state index in [4.69, 9.17) is 4.74 Å². The van der Waals surface area contributed by atoms with Crippen LogP contribution in [0.1, 0.15) is 25.7 Å². The van der Waals surface area contributed by atoms with E-state index >= 15 is 0 Å². The molecule has 0 atom stereocenters. The first-order valence-corrected chi connectivity index (χ1v) is 9.01. The van der Waals surface area contributed by atoms with Gasteiger partial charge in [-0.15, -0.1) is 0 Å². The maximum absolute atomic E-state index is 11.6. The number of hydrogen-bond acceptors (Lipinski definition) is 4. The Morgan fingerprint density at radius 3 is 2.52 bits per heavy atom. The van der Waals surface area contributed by atoms with E-state index in [0.717, 1.165) is 44.4 Å². The number of nitrogens with zero attached hydrogens (tertiary/aromatic N) is 2. The maximum atomic E-state index is 11.6. The molecule has 120 valence electrons. The van der Waals surface area contributed by atoms with Crippen molar-refractivity contribution in [3.63, 3.8) is 0 Å². The fraction of sp³-hybridized carbons (Fsp3) is 0.867. The molecule has 0 radical (unpaired) electrons. The van der Waals surface area contributed by atoms with Gasteiger partial charge >= 0.3 is 5.97 Å². The third-order valence-corrected chi connectivity index (χ3v) is 5.48. The van der Waals surface area contributed by atoms with Gasteiger partial charge in [-0.1, -0.05) is 0 Å². The Morgan fingerprint density at radius 2 is 1.95 bits per heavy atom. The maximum Gasteiger partial charge on any atom is 0.308 e. The van der Waals surface area contributed by atoms with Crippen molar-refractivity contribution in [2.45, 2.75) is 25.7 Å². The number of ether oxygens (including phenoxy) is 1. The lowest BCUT2D eigenvalue weighted by molar-refractivity contribution is -0.146. The number of hydrogen-bond donors (Lipinski definition) is 1. The Balaban J connectivity index is 1.75. The molecule has 0 saturated carbocycles. The molecule has 0 amide bonds. The number of thioether (sulfide) groups is 1. The summed E-state index contributed by atoms with van der Waals surface area (Å²) >= 11 is 2.06. The second-order valence-corrected chi connectivity index (χ2v) is 6.99. The number of methoxy groups -OCH3 is 1. The van der Waals surface area contributed by atoms with Crippen LogP contribution in [0.25, 0.3) is 0 Å². The molecule has 5 nitrogen and oxygen atoms in total. The van der Waals surface area contributed by atoms with E-state index in [2.05, 4.69) is 27.0 Å². The van der Waals surface area contributed by atoms with Gasteiger partial charge in [0.05, 0.1) is 13.0 Å². The Morgan fingerprint density at radius 1 is 1.29 bits per heavy atom. The van der Waals surface area contributed by atoms with E-state index in [-0.39, 0.29) is 11.9 Å². The number of carbonyl (C=O) groups is 1. The van der Waals surface area contributed by atoms with Crippen LogP contribution in [0.3, 0.4) is 0 Å². The first-order valence-electron chi connectivity index (χ1n) is 7.85. The van der Waals surface area contributed by atoms with Gasteiger partial charge in [0, 0.05) is 26.7 Å². The Bertz CT molecular complexity index is 362. The average molecular weight is 313 g/mol. The zero-order valence-electron chi connectivity index (χ0n) is 13.1. The molecule has 2 heterocycles. The van der Waals surface area contributed by atoms with E-state index in [0.29, 0.717) is 0 Å². The quantitative estimate of drug-likeness (QED) is 0.487. The van der Waals surface area contributed by atoms with Gasteiger partial charge in [-0.2, -0.15) is 11.8 Å². The summed E-state index contributed by atoms with van der Waals surface area (Å²) in [5.41, 5.74) is 0. The summed E-state index contributed by atoms with van der Waals surface area (Å²) in [5, 5.41) is 3.52. The predicted octanol–water partition coefficient (Wildman–Crippen LogP) is 1.59. The number of piperidine rings is 1. The van der Waals surface area contributed by atoms with Crippen LogP contribution in [-0.2, 0) is 9.53 Å². The van der Waals surface area contributed by atoms with Crippen molar-refractivity contribution in [3.8, 4) is 0 Å². The molecule has 21 heavy (non-hydrogen) atoms. The van der Waals surface area contributed by atoms with Crippen molar-refractivity contribution in [2.24, 2.45) is 16.8 Å². The van der Waals surface area contributed by atoms with Crippen LogP contribution in [0.15, 0.2) is 4.99 Å². The SMILES string of the molecule is CN=C(NCC1CCSCC1)N1CCC(C(=O)OC)CC1. The van der Waals surface area contributed by atoms with Crippen molar-refractivity contribution >= 4 is 23.7 Å². The monoisotopic (exact) mass is 313 g/mol. The molecule has 0 bridgehead atoms. The molecule has 1 N–H and O–H groups in total. The topological polar surface area (TPSA) is 53.9 Å². The molecule has 0 aromatic carbocycles. The molecule has 0 aromatic heterocycles. The Hall–Kier alpha value is -0.910. The van der Waals surface area contributed by atoms with Crippen LogP contribution in [0.5, 0.6) is 0 Å². The summed E-state index contributed by atoms with van der Waals surface area (Å²) in [5.74, 6) is 4.31. The van der Waals surface area contributed by atoms with Gasteiger partial charge < -0.3 is 15.0 Å². The van der Waals surface area contributed by atoms with Crippen LogP contribution in [0, 0.1) is 11.8 Å². The largest absolute Gasteiger partial charge is 0.469 e. The normalized spacial score (nSPS) is 22.2. The molecule has 2 rings (SSSR count). The molecule has 0 aliphatic carbocycles. The highest BCUT2D eigenvalue weighted by Gasteiger charge is 2.27. The molecule has 2 fully saturated rings. The van der Waals surface area contributed by atoms with Gasteiger partial charge in [-0.25, -0.2) is 0 Å². The number of esters is 1. The Labute approximate surface area is 131 Å². The predicted molar refractivity (Wildman–Crippen MR) is 87.7 cm³/mol. The van der Waals surface area contributed by atoms with Gasteiger partial charge in [0.2, 0.25) is 0 Å². The molecular formula is C15H27N3O2S.